The van der Waals surface area contributed by atoms with Crippen LogP contribution in [-0.2, 0) is 4.79 Å². The second-order valence-corrected chi connectivity index (χ2v) is 6.30. The van der Waals surface area contributed by atoms with Crippen LogP contribution in [0.5, 0.6) is 0 Å². The van der Waals surface area contributed by atoms with Crippen molar-refractivity contribution in [3.05, 3.63) is 41.3 Å². The van der Waals surface area contributed by atoms with E-state index in [4.69, 9.17) is 0 Å². The van der Waals surface area contributed by atoms with E-state index >= 15 is 0 Å². The lowest BCUT2D eigenvalue weighted by atomic mass is 9.90. The fourth-order valence-corrected chi connectivity index (χ4v) is 2.93. The Morgan fingerprint density at radius 3 is 2.74 bits per heavy atom. The van der Waals surface area contributed by atoms with Gasteiger partial charge in [-0.3, -0.25) is 14.6 Å². The van der Waals surface area contributed by atoms with Crippen molar-refractivity contribution in [3.8, 4) is 0 Å². The molecular weight excluding hydrogens is 299 g/mol. The van der Waals surface area contributed by atoms with Gasteiger partial charge < -0.3 is 10.0 Å². The van der Waals surface area contributed by atoms with Crippen molar-refractivity contribution >= 4 is 22.8 Å². The minimum absolute atomic E-state index is 0.183. The van der Waals surface area contributed by atoms with E-state index in [9.17, 15) is 19.1 Å². The molecule has 0 aliphatic carbocycles. The number of carboxylic acids is 1. The van der Waals surface area contributed by atoms with Crippen LogP contribution >= 0.6 is 0 Å². The van der Waals surface area contributed by atoms with Gasteiger partial charge in [0.05, 0.1) is 22.2 Å². The minimum Gasteiger partial charge on any atom is -0.481 e. The number of pyridine rings is 1. The van der Waals surface area contributed by atoms with Crippen molar-refractivity contribution in [2.75, 3.05) is 13.1 Å². The molecule has 6 heteroatoms. The maximum atomic E-state index is 13.3. The lowest BCUT2D eigenvalue weighted by Crippen LogP contribution is -2.35. The summed E-state index contributed by atoms with van der Waals surface area (Å²) in [5, 5.41) is 9.96. The molecule has 23 heavy (non-hydrogen) atoms. The lowest BCUT2D eigenvalue weighted by molar-refractivity contribution is -0.147. The number of hydrogen-bond donors (Lipinski definition) is 1. The number of nitrogens with zero attached hydrogens (tertiary/aromatic N) is 2. The third-order valence-corrected chi connectivity index (χ3v) is 4.48. The van der Waals surface area contributed by atoms with E-state index in [2.05, 4.69) is 4.98 Å². The molecule has 1 amide bonds. The van der Waals surface area contributed by atoms with E-state index in [0.29, 0.717) is 35.1 Å². The number of rotatable bonds is 2. The van der Waals surface area contributed by atoms with E-state index in [1.165, 1.54) is 12.1 Å². The third kappa shape index (κ3) is 2.65. The van der Waals surface area contributed by atoms with Crippen molar-refractivity contribution < 1.29 is 19.1 Å². The average molecular weight is 316 g/mol. The molecule has 5 nitrogen and oxygen atoms in total. The standard InChI is InChI=1S/C17H17FN2O3/c1-10-13(7-11-3-4-12(18)8-14(11)19-10)15(21)20-6-5-17(2,9-20)16(22)23/h3-4,7-8H,5-6,9H2,1-2H3,(H,22,23). The van der Waals surface area contributed by atoms with Gasteiger partial charge >= 0.3 is 5.97 Å². The van der Waals surface area contributed by atoms with Gasteiger partial charge in [0.15, 0.2) is 0 Å². The van der Waals surface area contributed by atoms with Crippen molar-refractivity contribution in [3.63, 3.8) is 0 Å². The molecule has 1 aliphatic rings. The summed E-state index contributed by atoms with van der Waals surface area (Å²) in [7, 11) is 0. The highest BCUT2D eigenvalue weighted by Gasteiger charge is 2.42. The van der Waals surface area contributed by atoms with E-state index in [1.807, 2.05) is 0 Å². The monoisotopic (exact) mass is 316 g/mol. The minimum atomic E-state index is -0.906. The van der Waals surface area contributed by atoms with Crippen molar-refractivity contribution in [1.82, 2.24) is 9.88 Å². The van der Waals surface area contributed by atoms with Crippen LogP contribution in [0, 0.1) is 18.2 Å². The highest BCUT2D eigenvalue weighted by molar-refractivity contribution is 5.99. The number of aryl methyl sites for hydroxylation is 1. The number of aromatic nitrogens is 1. The number of aliphatic carboxylic acids is 1. The van der Waals surface area contributed by atoms with Gasteiger partial charge in [-0.25, -0.2) is 4.39 Å². The molecule has 2 heterocycles. The fourth-order valence-electron chi connectivity index (χ4n) is 2.93. The molecule has 0 bridgehead atoms. The van der Waals surface area contributed by atoms with Gasteiger partial charge in [-0.05, 0) is 38.5 Å². The van der Waals surface area contributed by atoms with Crippen LogP contribution in [0.3, 0.4) is 0 Å². The summed E-state index contributed by atoms with van der Waals surface area (Å²) in [6, 6.07) is 5.92. The second kappa shape index (κ2) is 5.30. The van der Waals surface area contributed by atoms with Gasteiger partial charge in [-0.15, -0.1) is 0 Å². The van der Waals surface area contributed by atoms with Crippen LogP contribution in [-0.4, -0.2) is 40.0 Å². The predicted octanol–water partition coefficient (Wildman–Crippen LogP) is 2.62. The van der Waals surface area contributed by atoms with Crippen LogP contribution in [0.1, 0.15) is 29.4 Å². The molecule has 0 spiro atoms. The molecule has 2 aromatic rings. The Labute approximate surface area is 132 Å². The number of carbonyl (C=O) groups is 2. The quantitative estimate of drug-likeness (QED) is 0.924. The summed E-state index contributed by atoms with van der Waals surface area (Å²) in [6.07, 6.45) is 0.430. The molecule has 1 unspecified atom stereocenters. The largest absolute Gasteiger partial charge is 0.481 e. The van der Waals surface area contributed by atoms with Crippen molar-refractivity contribution in [2.24, 2.45) is 5.41 Å². The molecular formula is C17H17FN2O3. The molecule has 1 atom stereocenters. The number of halogens is 1. The first-order valence-electron chi connectivity index (χ1n) is 7.40. The highest BCUT2D eigenvalue weighted by Crippen LogP contribution is 2.31. The zero-order chi connectivity index (χ0) is 16.8. The van der Waals surface area contributed by atoms with Gasteiger partial charge in [0.25, 0.3) is 5.91 Å². The number of carbonyl (C=O) groups excluding carboxylic acids is 1. The first kappa shape index (κ1) is 15.4. The number of hydrogen-bond acceptors (Lipinski definition) is 3. The third-order valence-electron chi connectivity index (χ3n) is 4.48. The number of benzene rings is 1. The number of fused-ring (bicyclic) bond motifs is 1. The Bertz CT molecular complexity index is 821. The van der Waals surface area contributed by atoms with Gasteiger partial charge in [-0.2, -0.15) is 0 Å². The fraction of sp³-hybridized carbons (Fsp3) is 0.353. The summed E-state index contributed by atoms with van der Waals surface area (Å²) >= 11 is 0. The molecule has 1 aromatic heterocycles. The van der Waals surface area contributed by atoms with Gasteiger partial charge in [0, 0.05) is 24.5 Å². The Morgan fingerprint density at radius 1 is 1.35 bits per heavy atom. The Kier molecular flexibility index (Phi) is 3.55. The van der Waals surface area contributed by atoms with E-state index in [0.717, 1.165) is 0 Å². The summed E-state index contributed by atoms with van der Waals surface area (Å²) in [5.74, 6) is -1.50. The van der Waals surface area contributed by atoms with Crippen LogP contribution in [0.2, 0.25) is 0 Å². The molecule has 1 N–H and O–H groups in total. The van der Waals surface area contributed by atoms with Crippen LogP contribution in [0.4, 0.5) is 4.39 Å². The molecule has 0 saturated carbocycles. The summed E-state index contributed by atoms with van der Waals surface area (Å²) in [6.45, 7) is 3.94. The Balaban J connectivity index is 1.94. The van der Waals surface area contributed by atoms with E-state index < -0.39 is 11.4 Å². The lowest BCUT2D eigenvalue weighted by Gasteiger charge is -2.21. The molecule has 1 aliphatic heterocycles. The van der Waals surface area contributed by atoms with Crippen LogP contribution < -0.4 is 0 Å². The van der Waals surface area contributed by atoms with Gasteiger partial charge in [0.1, 0.15) is 5.82 Å². The van der Waals surface area contributed by atoms with Crippen LogP contribution in [0.15, 0.2) is 24.3 Å². The van der Waals surface area contributed by atoms with E-state index in [1.54, 1.807) is 30.9 Å². The van der Waals surface area contributed by atoms with Gasteiger partial charge in [-0.1, -0.05) is 0 Å². The molecule has 1 fully saturated rings. The topological polar surface area (TPSA) is 70.5 Å². The molecule has 1 aromatic carbocycles. The maximum absolute atomic E-state index is 13.3. The first-order valence-corrected chi connectivity index (χ1v) is 7.40. The highest BCUT2D eigenvalue weighted by atomic mass is 19.1. The number of likely N-dealkylation sites (tertiary alicyclic amines) is 1. The van der Waals surface area contributed by atoms with Crippen molar-refractivity contribution in [2.45, 2.75) is 20.3 Å². The smallest absolute Gasteiger partial charge is 0.311 e. The van der Waals surface area contributed by atoms with E-state index in [-0.39, 0.29) is 18.3 Å². The molecule has 3 rings (SSSR count). The first-order chi connectivity index (χ1) is 10.8. The molecule has 1 saturated heterocycles. The maximum Gasteiger partial charge on any atom is 0.311 e. The summed E-state index contributed by atoms with van der Waals surface area (Å²) in [4.78, 5) is 29.9. The normalized spacial score (nSPS) is 20.9. The predicted molar refractivity (Wildman–Crippen MR) is 82.7 cm³/mol. The molecule has 120 valence electrons. The summed E-state index contributed by atoms with van der Waals surface area (Å²) in [5.41, 5.74) is 0.531. The SMILES string of the molecule is Cc1nc2cc(F)ccc2cc1C(=O)N1CCC(C)(C(=O)O)C1. The van der Waals surface area contributed by atoms with Crippen molar-refractivity contribution in [1.29, 1.82) is 0 Å². The zero-order valence-corrected chi connectivity index (χ0v) is 13.0. The molecule has 0 radical (unpaired) electrons. The number of carboxylic acid groups (broad SMARTS) is 1. The zero-order valence-electron chi connectivity index (χ0n) is 13.0. The average Bonchev–Trinajstić information content (AvgIpc) is 2.90. The Hall–Kier alpha value is -2.50. The summed E-state index contributed by atoms with van der Waals surface area (Å²) < 4.78 is 13.3. The van der Waals surface area contributed by atoms with Crippen LogP contribution in [0.25, 0.3) is 10.9 Å². The second-order valence-electron chi connectivity index (χ2n) is 6.30. The van der Waals surface area contributed by atoms with Gasteiger partial charge in [0.2, 0.25) is 0 Å². The number of amides is 1. The Morgan fingerprint density at radius 2 is 2.09 bits per heavy atom.